The van der Waals surface area contributed by atoms with Gasteiger partial charge in [0.05, 0.1) is 6.10 Å². The molecule has 0 amide bonds. The Labute approximate surface area is 132 Å². The molecule has 0 aromatic heterocycles. The number of nitrogens with one attached hydrogen (secondary N) is 1. The van der Waals surface area contributed by atoms with Crippen LogP contribution in [0, 0.1) is 5.82 Å². The zero-order valence-electron chi connectivity index (χ0n) is 11.6. The number of hydrogen-bond donors (Lipinski definition) is 2. The Hall–Kier alpha value is -0.540. The van der Waals surface area contributed by atoms with Crippen LogP contribution in [0.15, 0.2) is 21.5 Å². The molecule has 8 heteroatoms. The minimum Gasteiger partial charge on any atom is -0.378 e. The summed E-state index contributed by atoms with van der Waals surface area (Å²) in [5.41, 5.74) is 5.60. The maximum atomic E-state index is 14.2. The maximum absolute atomic E-state index is 14.2. The molecule has 5 nitrogen and oxygen atoms in total. The fraction of sp³-hybridized carbons (Fsp3) is 0.538. The van der Waals surface area contributed by atoms with Crippen LogP contribution in [-0.4, -0.2) is 27.2 Å². The van der Waals surface area contributed by atoms with Crippen molar-refractivity contribution in [2.24, 2.45) is 5.73 Å². The van der Waals surface area contributed by atoms with Crippen molar-refractivity contribution < 1.29 is 17.5 Å². The molecule has 1 fully saturated rings. The van der Waals surface area contributed by atoms with E-state index in [4.69, 9.17) is 10.5 Å². The van der Waals surface area contributed by atoms with Crippen LogP contribution in [0.2, 0.25) is 0 Å². The Balaban J connectivity index is 2.29. The molecule has 1 aromatic carbocycles. The van der Waals surface area contributed by atoms with E-state index in [0.717, 1.165) is 0 Å². The Kier molecular flexibility index (Phi) is 5.37. The summed E-state index contributed by atoms with van der Waals surface area (Å²) in [6.45, 7) is 2.30. The molecule has 2 atom stereocenters. The zero-order valence-corrected chi connectivity index (χ0v) is 14.0. The molecule has 118 valence electrons. The largest absolute Gasteiger partial charge is 0.378 e. The number of rotatable bonds is 4. The van der Waals surface area contributed by atoms with E-state index in [1.807, 2.05) is 6.92 Å². The summed E-state index contributed by atoms with van der Waals surface area (Å²) in [5, 5.41) is 0. The minimum atomic E-state index is -3.94. The van der Waals surface area contributed by atoms with E-state index in [2.05, 4.69) is 20.7 Å². The van der Waals surface area contributed by atoms with Crippen molar-refractivity contribution in [2.75, 3.05) is 6.61 Å². The van der Waals surface area contributed by atoms with Crippen LogP contribution in [0.4, 0.5) is 4.39 Å². The van der Waals surface area contributed by atoms with E-state index in [0.29, 0.717) is 23.9 Å². The molecule has 0 spiro atoms. The van der Waals surface area contributed by atoms with E-state index in [1.165, 1.54) is 12.1 Å². The predicted octanol–water partition coefficient (Wildman–Crippen LogP) is 1.89. The van der Waals surface area contributed by atoms with Gasteiger partial charge in [-0.1, -0.05) is 15.9 Å². The number of halogens is 2. The van der Waals surface area contributed by atoms with Gasteiger partial charge < -0.3 is 10.5 Å². The summed E-state index contributed by atoms with van der Waals surface area (Å²) >= 11 is 3.18. The first kappa shape index (κ1) is 16.8. The normalized spacial score (nSPS) is 23.2. The van der Waals surface area contributed by atoms with Gasteiger partial charge in [-0.3, -0.25) is 0 Å². The van der Waals surface area contributed by atoms with Crippen molar-refractivity contribution in [1.82, 2.24) is 4.72 Å². The van der Waals surface area contributed by atoms with Crippen LogP contribution in [-0.2, 0) is 21.3 Å². The molecule has 3 N–H and O–H groups in total. The second-order valence-electron chi connectivity index (χ2n) is 5.11. The third-order valence-electron chi connectivity index (χ3n) is 3.40. The minimum absolute atomic E-state index is 0.0154. The standard InChI is InChI=1S/C13H18BrFN2O3S/c1-8-4-11(2-3-20-8)17-21(18,19)12-6-10(14)5-9(7-16)13(12)15/h5-6,8,11,17H,2-4,7,16H2,1H3. The summed E-state index contributed by atoms with van der Waals surface area (Å²) in [7, 11) is -3.94. The quantitative estimate of drug-likeness (QED) is 0.835. The van der Waals surface area contributed by atoms with Gasteiger partial charge in [0.25, 0.3) is 0 Å². The monoisotopic (exact) mass is 380 g/mol. The number of nitrogens with two attached hydrogens (primary N) is 1. The van der Waals surface area contributed by atoms with Crippen molar-refractivity contribution in [3.05, 3.63) is 28.0 Å². The highest BCUT2D eigenvalue weighted by molar-refractivity contribution is 9.10. The third-order valence-corrected chi connectivity index (χ3v) is 5.37. The smallest absolute Gasteiger partial charge is 0.243 e. The first-order valence-corrected chi connectivity index (χ1v) is 8.93. The molecular formula is C13H18BrFN2O3S. The average Bonchev–Trinajstić information content (AvgIpc) is 2.40. The van der Waals surface area contributed by atoms with Gasteiger partial charge >= 0.3 is 0 Å². The lowest BCUT2D eigenvalue weighted by Gasteiger charge is -2.27. The molecule has 0 bridgehead atoms. The molecule has 2 unspecified atom stereocenters. The molecule has 1 aliphatic heterocycles. The van der Waals surface area contributed by atoms with Gasteiger partial charge in [0.15, 0.2) is 0 Å². The molecule has 0 saturated carbocycles. The summed E-state index contributed by atoms with van der Waals surface area (Å²) in [4.78, 5) is -0.378. The van der Waals surface area contributed by atoms with Crippen molar-refractivity contribution in [1.29, 1.82) is 0 Å². The Morgan fingerprint density at radius 1 is 1.52 bits per heavy atom. The van der Waals surface area contributed by atoms with Crippen LogP contribution in [0.25, 0.3) is 0 Å². The van der Waals surface area contributed by atoms with Crippen LogP contribution >= 0.6 is 15.9 Å². The second kappa shape index (κ2) is 6.70. The van der Waals surface area contributed by atoms with Crippen molar-refractivity contribution >= 4 is 26.0 Å². The van der Waals surface area contributed by atoms with Crippen LogP contribution in [0.1, 0.15) is 25.3 Å². The fourth-order valence-electron chi connectivity index (χ4n) is 2.35. The highest BCUT2D eigenvalue weighted by Crippen LogP contribution is 2.25. The highest BCUT2D eigenvalue weighted by atomic mass is 79.9. The van der Waals surface area contributed by atoms with Gasteiger partial charge in [0, 0.05) is 29.2 Å². The third kappa shape index (κ3) is 4.01. The SMILES string of the molecule is CC1CC(NS(=O)(=O)c2cc(Br)cc(CN)c2F)CCO1. The lowest BCUT2D eigenvalue weighted by Crippen LogP contribution is -2.41. The molecule has 0 aliphatic carbocycles. The van der Waals surface area contributed by atoms with Crippen LogP contribution < -0.4 is 10.5 Å². The number of ether oxygens (including phenoxy) is 1. The molecule has 1 saturated heterocycles. The van der Waals surface area contributed by atoms with E-state index >= 15 is 0 Å². The highest BCUT2D eigenvalue weighted by Gasteiger charge is 2.28. The van der Waals surface area contributed by atoms with E-state index in [1.54, 1.807) is 0 Å². The van der Waals surface area contributed by atoms with Crippen molar-refractivity contribution in [3.8, 4) is 0 Å². The van der Waals surface area contributed by atoms with Crippen LogP contribution in [0.3, 0.4) is 0 Å². The van der Waals surface area contributed by atoms with Crippen molar-refractivity contribution in [2.45, 2.75) is 43.4 Å². The number of sulfonamides is 1. The molecular weight excluding hydrogens is 363 g/mol. The van der Waals surface area contributed by atoms with Gasteiger partial charge in [-0.2, -0.15) is 0 Å². The first-order chi connectivity index (χ1) is 9.83. The maximum Gasteiger partial charge on any atom is 0.243 e. The van der Waals surface area contributed by atoms with Gasteiger partial charge in [0.1, 0.15) is 10.7 Å². The Morgan fingerprint density at radius 2 is 2.24 bits per heavy atom. The van der Waals surface area contributed by atoms with E-state index in [9.17, 15) is 12.8 Å². The molecule has 2 rings (SSSR count). The van der Waals surface area contributed by atoms with Gasteiger partial charge in [-0.25, -0.2) is 17.5 Å². The molecule has 1 aliphatic rings. The first-order valence-electron chi connectivity index (χ1n) is 6.65. The second-order valence-corrected chi connectivity index (χ2v) is 7.70. The van der Waals surface area contributed by atoms with Crippen molar-refractivity contribution in [3.63, 3.8) is 0 Å². The van der Waals surface area contributed by atoms with Crippen LogP contribution in [0.5, 0.6) is 0 Å². The lowest BCUT2D eigenvalue weighted by atomic mass is 10.1. The lowest BCUT2D eigenvalue weighted by molar-refractivity contribution is 0.0173. The molecule has 0 radical (unpaired) electrons. The summed E-state index contributed by atoms with van der Waals surface area (Å²) in [6, 6.07) is 2.48. The van der Waals surface area contributed by atoms with Gasteiger partial charge in [-0.05, 0) is 31.9 Å². The van der Waals surface area contributed by atoms with E-state index < -0.39 is 15.8 Å². The number of hydrogen-bond acceptors (Lipinski definition) is 4. The Morgan fingerprint density at radius 3 is 2.86 bits per heavy atom. The predicted molar refractivity (Wildman–Crippen MR) is 80.7 cm³/mol. The fourth-order valence-corrected chi connectivity index (χ4v) is 4.44. The van der Waals surface area contributed by atoms with E-state index in [-0.39, 0.29) is 29.1 Å². The average molecular weight is 381 g/mol. The summed E-state index contributed by atoms with van der Waals surface area (Å²) < 4.78 is 47.4. The summed E-state index contributed by atoms with van der Waals surface area (Å²) in [6.07, 6.45) is 1.13. The summed E-state index contributed by atoms with van der Waals surface area (Å²) in [5.74, 6) is -0.798. The Bertz CT molecular complexity index is 624. The zero-order chi connectivity index (χ0) is 15.6. The molecule has 1 heterocycles. The number of benzene rings is 1. The molecule has 1 aromatic rings. The topological polar surface area (TPSA) is 81.4 Å². The van der Waals surface area contributed by atoms with Gasteiger partial charge in [0.2, 0.25) is 10.0 Å². The molecule has 21 heavy (non-hydrogen) atoms. The van der Waals surface area contributed by atoms with Gasteiger partial charge in [-0.15, -0.1) is 0 Å².